The Morgan fingerprint density at radius 1 is 0.750 bits per heavy atom. The summed E-state index contributed by atoms with van der Waals surface area (Å²) in [4.78, 5) is 11.1. The molecule has 0 amide bonds. The lowest BCUT2D eigenvalue weighted by Crippen LogP contribution is -2.24. The van der Waals surface area contributed by atoms with Crippen molar-refractivity contribution in [2.75, 3.05) is 6.54 Å². The summed E-state index contributed by atoms with van der Waals surface area (Å²) in [5.41, 5.74) is 9.26. The smallest absolute Gasteiger partial charge is 0.269 e. The van der Waals surface area contributed by atoms with Crippen LogP contribution in [0.4, 0.5) is 11.4 Å². The Kier molecular flexibility index (Phi) is 5.60. The maximum atomic E-state index is 11.4. The number of benzene rings is 5. The summed E-state index contributed by atoms with van der Waals surface area (Å²) in [5.74, 6) is 0. The largest absolute Gasteiger partial charge is 0.341 e. The average molecular weight is 523 g/mol. The number of non-ortho nitro benzene ring substituents is 1. The van der Waals surface area contributed by atoms with Gasteiger partial charge in [-0.3, -0.25) is 10.1 Å². The molecular formula is C35H28N3O2+. The van der Waals surface area contributed by atoms with Crippen LogP contribution in [-0.4, -0.2) is 16.0 Å². The molecule has 40 heavy (non-hydrogen) atoms. The maximum Gasteiger partial charge on any atom is 0.269 e. The summed E-state index contributed by atoms with van der Waals surface area (Å²) >= 11 is 0. The van der Waals surface area contributed by atoms with Gasteiger partial charge in [-0.15, -0.1) is 0 Å². The first-order chi connectivity index (χ1) is 19.6. The van der Waals surface area contributed by atoms with Crippen LogP contribution in [-0.2, 0) is 6.54 Å². The molecule has 0 fully saturated rings. The van der Waals surface area contributed by atoms with Gasteiger partial charge in [0.15, 0.2) is 0 Å². The van der Waals surface area contributed by atoms with Crippen molar-refractivity contribution in [2.24, 2.45) is 0 Å². The first-order valence-electron chi connectivity index (χ1n) is 13.7. The molecule has 0 saturated heterocycles. The van der Waals surface area contributed by atoms with Gasteiger partial charge in [0.2, 0.25) is 11.0 Å². The summed E-state index contributed by atoms with van der Waals surface area (Å²) in [6, 6.07) is 37.4. The summed E-state index contributed by atoms with van der Waals surface area (Å²) in [5, 5.41) is 16.1. The van der Waals surface area contributed by atoms with Crippen LogP contribution in [0.5, 0.6) is 0 Å². The number of para-hydroxylation sites is 2. The molecule has 0 saturated carbocycles. The second-order valence-corrected chi connectivity index (χ2v) is 10.2. The van der Waals surface area contributed by atoms with Crippen LogP contribution in [0.25, 0.3) is 38.5 Å². The third kappa shape index (κ3) is 3.58. The van der Waals surface area contributed by atoms with E-state index in [9.17, 15) is 10.1 Å². The fraction of sp³-hybridized carbons (Fsp3) is 0.114. The van der Waals surface area contributed by atoms with Gasteiger partial charge in [0.1, 0.15) is 6.54 Å². The van der Waals surface area contributed by atoms with Gasteiger partial charge in [0.25, 0.3) is 5.69 Å². The highest BCUT2D eigenvalue weighted by Crippen LogP contribution is 2.34. The van der Waals surface area contributed by atoms with Gasteiger partial charge in [-0.05, 0) is 84.3 Å². The van der Waals surface area contributed by atoms with E-state index in [0.717, 1.165) is 35.0 Å². The van der Waals surface area contributed by atoms with Crippen LogP contribution in [0, 0.1) is 10.1 Å². The predicted molar refractivity (Wildman–Crippen MR) is 162 cm³/mol. The van der Waals surface area contributed by atoms with Crippen molar-refractivity contribution >= 4 is 38.8 Å². The van der Waals surface area contributed by atoms with E-state index in [2.05, 4.69) is 108 Å². The van der Waals surface area contributed by atoms with Gasteiger partial charge in [-0.2, -0.15) is 4.58 Å². The molecule has 1 aliphatic rings. The molecule has 0 atom stereocenters. The average Bonchev–Trinajstić information content (AvgIpc) is 3.49. The van der Waals surface area contributed by atoms with Crippen molar-refractivity contribution in [3.63, 3.8) is 0 Å². The van der Waals surface area contributed by atoms with Gasteiger partial charge in [-0.25, -0.2) is 0 Å². The molecule has 5 heteroatoms. The normalized spacial score (nSPS) is 13.0. The summed E-state index contributed by atoms with van der Waals surface area (Å²) in [7, 11) is 0. The van der Waals surface area contributed by atoms with E-state index in [0.29, 0.717) is 0 Å². The number of hydrogen-bond acceptors (Lipinski definition) is 2. The molecule has 194 valence electrons. The van der Waals surface area contributed by atoms with E-state index in [1.165, 1.54) is 44.0 Å². The molecular weight excluding hydrogens is 494 g/mol. The SMILES string of the molecule is CCn1c2ccccc2c2cc(C(c3ccc([N+](=O)[O-])cc3)=c3ccc4c(c3)-c3ccccc3[N+]=4CC)ccc21. The second kappa shape index (κ2) is 9.31. The van der Waals surface area contributed by atoms with E-state index in [1.54, 1.807) is 12.1 Å². The van der Waals surface area contributed by atoms with Gasteiger partial charge in [0.05, 0.1) is 16.1 Å². The first kappa shape index (κ1) is 24.0. The van der Waals surface area contributed by atoms with Crippen LogP contribution in [0.1, 0.15) is 25.0 Å². The topological polar surface area (TPSA) is 51.1 Å². The molecule has 5 nitrogen and oxygen atoms in total. The Hall–Kier alpha value is -5.03. The van der Waals surface area contributed by atoms with Crippen molar-refractivity contribution in [2.45, 2.75) is 20.4 Å². The van der Waals surface area contributed by atoms with Gasteiger partial charge in [0, 0.05) is 52.6 Å². The zero-order valence-corrected chi connectivity index (χ0v) is 22.5. The zero-order valence-electron chi connectivity index (χ0n) is 22.5. The monoisotopic (exact) mass is 522 g/mol. The molecule has 1 aliphatic heterocycles. The number of fused-ring (bicyclic) bond motifs is 6. The second-order valence-electron chi connectivity index (χ2n) is 10.2. The summed E-state index contributed by atoms with van der Waals surface area (Å²) in [6.07, 6.45) is 0. The molecule has 7 rings (SSSR count). The predicted octanol–water partition coefficient (Wildman–Crippen LogP) is 6.79. The number of hydrogen-bond donors (Lipinski definition) is 0. The highest BCUT2D eigenvalue weighted by molar-refractivity contribution is 6.09. The van der Waals surface area contributed by atoms with Crippen LogP contribution >= 0.6 is 0 Å². The lowest BCUT2D eigenvalue weighted by molar-refractivity contribution is -0.384. The number of nitro groups is 1. The minimum Gasteiger partial charge on any atom is -0.341 e. The molecule has 0 unspecified atom stereocenters. The molecule has 2 heterocycles. The Morgan fingerprint density at radius 2 is 1.48 bits per heavy atom. The van der Waals surface area contributed by atoms with Crippen LogP contribution in [0.15, 0.2) is 109 Å². The van der Waals surface area contributed by atoms with Gasteiger partial charge < -0.3 is 4.57 Å². The van der Waals surface area contributed by atoms with Crippen LogP contribution in [0.3, 0.4) is 0 Å². The molecule has 0 bridgehead atoms. The number of rotatable bonds is 5. The van der Waals surface area contributed by atoms with Gasteiger partial charge >= 0.3 is 0 Å². The molecule has 5 aromatic carbocycles. The van der Waals surface area contributed by atoms with Crippen LogP contribution in [0.2, 0.25) is 0 Å². The number of nitro benzene ring substituents is 1. The lowest BCUT2D eigenvalue weighted by Gasteiger charge is -2.11. The Balaban J connectivity index is 1.55. The molecule has 0 spiro atoms. The third-order valence-corrected chi connectivity index (χ3v) is 8.12. The van der Waals surface area contributed by atoms with Crippen molar-refractivity contribution in [1.29, 1.82) is 0 Å². The van der Waals surface area contributed by atoms with Crippen molar-refractivity contribution in [3.05, 3.63) is 141 Å². The highest BCUT2D eigenvalue weighted by Gasteiger charge is 2.26. The van der Waals surface area contributed by atoms with Gasteiger partial charge in [-0.1, -0.05) is 36.4 Å². The quantitative estimate of drug-likeness (QED) is 0.142. The van der Waals surface area contributed by atoms with Crippen molar-refractivity contribution in [1.82, 2.24) is 9.14 Å². The molecule has 0 N–H and O–H groups in total. The van der Waals surface area contributed by atoms with E-state index in [4.69, 9.17) is 0 Å². The minimum absolute atomic E-state index is 0.0889. The Labute approximate surface area is 231 Å². The van der Waals surface area contributed by atoms with Crippen LogP contribution < -0.4 is 15.2 Å². The molecule has 0 radical (unpaired) electrons. The van der Waals surface area contributed by atoms with E-state index < -0.39 is 0 Å². The van der Waals surface area contributed by atoms with E-state index in [-0.39, 0.29) is 10.6 Å². The number of aromatic nitrogens is 1. The highest BCUT2D eigenvalue weighted by atomic mass is 16.6. The molecule has 6 aromatic rings. The summed E-state index contributed by atoms with van der Waals surface area (Å²) < 4.78 is 4.71. The fourth-order valence-corrected chi connectivity index (χ4v) is 6.35. The molecule has 0 aliphatic carbocycles. The summed E-state index contributed by atoms with van der Waals surface area (Å²) in [6.45, 7) is 6.13. The Morgan fingerprint density at radius 3 is 2.25 bits per heavy atom. The van der Waals surface area contributed by atoms with Crippen molar-refractivity contribution in [3.8, 4) is 11.1 Å². The zero-order chi connectivity index (χ0) is 27.4. The Bertz CT molecular complexity index is 2100. The fourth-order valence-electron chi connectivity index (χ4n) is 6.35. The third-order valence-electron chi connectivity index (χ3n) is 8.12. The van der Waals surface area contributed by atoms with E-state index in [1.807, 2.05) is 12.1 Å². The molecule has 1 aromatic heterocycles. The standard InChI is InChI=1S/C35H28N3O2/c1-3-36-31-11-7-5-9-27(31)29-21-24(15-19-33(29)36)35(23-13-17-26(18-14-23)38(39)40)25-16-20-34-30(22-25)28-10-6-8-12-32(28)37(34)4-2/h5-22H,3-4H2,1-2H3/q+1. The van der Waals surface area contributed by atoms with E-state index >= 15 is 0 Å². The number of aryl methyl sites for hydroxylation is 1. The van der Waals surface area contributed by atoms with Crippen molar-refractivity contribution < 1.29 is 4.92 Å². The first-order valence-corrected chi connectivity index (χ1v) is 13.7. The maximum absolute atomic E-state index is 11.4. The number of nitrogens with zero attached hydrogens (tertiary/aromatic N) is 3. The lowest BCUT2D eigenvalue weighted by atomic mass is 9.93. The minimum atomic E-state index is -0.346.